The van der Waals surface area contributed by atoms with Crippen LogP contribution in [0.4, 0.5) is 11.4 Å². The summed E-state index contributed by atoms with van der Waals surface area (Å²) >= 11 is 0. The zero-order valence-corrected chi connectivity index (χ0v) is 26.8. The van der Waals surface area contributed by atoms with Crippen LogP contribution in [0.2, 0.25) is 0 Å². The maximum atomic E-state index is 5.60. The second kappa shape index (κ2) is 13.5. The molecular weight excluding hydrogens is 552 g/mol. The summed E-state index contributed by atoms with van der Waals surface area (Å²) < 4.78 is 18.8. The summed E-state index contributed by atoms with van der Waals surface area (Å²) in [4.78, 5) is 12.7. The summed E-state index contributed by atoms with van der Waals surface area (Å²) in [5, 5.41) is 3.74. The second-order valence-corrected chi connectivity index (χ2v) is 12.0. The third-order valence-electron chi connectivity index (χ3n) is 9.09. The van der Waals surface area contributed by atoms with Gasteiger partial charge in [-0.25, -0.2) is 4.98 Å². The number of piperazine rings is 1. The molecule has 0 saturated carbocycles. The van der Waals surface area contributed by atoms with Gasteiger partial charge in [-0.1, -0.05) is 12.1 Å². The molecule has 9 heteroatoms. The lowest BCUT2D eigenvalue weighted by molar-refractivity contribution is 0.0398. The summed E-state index contributed by atoms with van der Waals surface area (Å²) in [6.07, 6.45) is 0. The fourth-order valence-electron chi connectivity index (χ4n) is 6.36. The van der Waals surface area contributed by atoms with E-state index in [1.807, 2.05) is 18.2 Å². The van der Waals surface area contributed by atoms with E-state index in [9.17, 15) is 0 Å². The molecule has 234 valence electrons. The maximum Gasteiger partial charge on any atom is 0.161 e. The number of anilines is 2. The summed E-state index contributed by atoms with van der Waals surface area (Å²) in [7, 11) is 5.40. The van der Waals surface area contributed by atoms with Gasteiger partial charge >= 0.3 is 0 Å². The van der Waals surface area contributed by atoms with Crippen LogP contribution in [0.5, 0.6) is 11.5 Å². The number of aryl methyl sites for hydroxylation is 1. The lowest BCUT2D eigenvalue weighted by atomic mass is 10.0. The summed E-state index contributed by atoms with van der Waals surface area (Å²) in [6.45, 7) is 14.3. The van der Waals surface area contributed by atoms with E-state index in [2.05, 4.69) is 81.9 Å². The molecule has 3 heterocycles. The zero-order valence-electron chi connectivity index (χ0n) is 26.8. The van der Waals surface area contributed by atoms with Crippen molar-refractivity contribution in [1.29, 1.82) is 0 Å². The fraction of sp³-hybridized carbons (Fsp3) is 0.457. The molecule has 6 rings (SSSR count). The normalized spacial score (nSPS) is 16.5. The highest BCUT2D eigenvalue weighted by molar-refractivity contribution is 5.95. The van der Waals surface area contributed by atoms with Crippen LogP contribution in [0, 0.1) is 0 Å². The number of aromatic nitrogens is 2. The first-order chi connectivity index (χ1) is 21.4. The van der Waals surface area contributed by atoms with E-state index in [4.69, 9.17) is 19.2 Å². The van der Waals surface area contributed by atoms with Gasteiger partial charge in [0.1, 0.15) is 11.3 Å². The van der Waals surface area contributed by atoms with Gasteiger partial charge in [-0.15, -0.1) is 0 Å². The Morgan fingerprint density at radius 2 is 1.52 bits per heavy atom. The van der Waals surface area contributed by atoms with E-state index in [-0.39, 0.29) is 0 Å². The van der Waals surface area contributed by atoms with Crippen molar-refractivity contribution >= 4 is 22.4 Å². The van der Waals surface area contributed by atoms with Crippen molar-refractivity contribution in [3.63, 3.8) is 0 Å². The highest BCUT2D eigenvalue weighted by Gasteiger charge is 2.20. The zero-order chi connectivity index (χ0) is 30.6. The molecule has 2 aliphatic rings. The standard InChI is InChI=1S/C35H46N6O3/c1-25(2)40-14-16-41(17-15-40)29-9-6-26(7-10-29)28-22-30(36-12-13-39-18-20-44-21-19-39)34-31(23-28)38(3)35(37-34)27-8-11-32(42-4)33(24-27)43-5/h6-11,22-25,36H,12-21H2,1-5H3. The SMILES string of the molecule is COc1ccc(-c2nc3c(NCCN4CCOCC4)cc(-c4ccc(N5CCN(C(C)C)CC5)cc4)cc3n2C)cc1OC. The summed E-state index contributed by atoms with van der Waals surface area (Å²) in [5.74, 6) is 2.27. The van der Waals surface area contributed by atoms with E-state index in [0.717, 1.165) is 93.7 Å². The lowest BCUT2D eigenvalue weighted by Gasteiger charge is -2.38. The Morgan fingerprint density at radius 1 is 0.818 bits per heavy atom. The summed E-state index contributed by atoms with van der Waals surface area (Å²) in [5.41, 5.74) is 7.72. The maximum absolute atomic E-state index is 5.60. The van der Waals surface area contributed by atoms with Gasteiger partial charge in [-0.3, -0.25) is 9.80 Å². The van der Waals surface area contributed by atoms with Crippen molar-refractivity contribution in [2.24, 2.45) is 7.05 Å². The van der Waals surface area contributed by atoms with E-state index in [1.54, 1.807) is 14.2 Å². The molecule has 0 spiro atoms. The van der Waals surface area contributed by atoms with Gasteiger partial charge in [-0.2, -0.15) is 0 Å². The topological polar surface area (TPSA) is 67.3 Å². The molecule has 0 radical (unpaired) electrons. The van der Waals surface area contributed by atoms with Crippen LogP contribution in [0.3, 0.4) is 0 Å². The van der Waals surface area contributed by atoms with Crippen LogP contribution in [0.25, 0.3) is 33.5 Å². The highest BCUT2D eigenvalue weighted by atomic mass is 16.5. The number of fused-ring (bicyclic) bond motifs is 1. The van der Waals surface area contributed by atoms with Crippen molar-refractivity contribution in [3.05, 3.63) is 54.6 Å². The first-order valence-corrected chi connectivity index (χ1v) is 15.8. The van der Waals surface area contributed by atoms with Crippen LogP contribution < -0.4 is 19.7 Å². The Kier molecular flexibility index (Phi) is 9.25. The van der Waals surface area contributed by atoms with E-state index in [1.165, 1.54) is 16.8 Å². The van der Waals surface area contributed by atoms with Crippen molar-refractivity contribution in [1.82, 2.24) is 19.4 Å². The Bertz CT molecular complexity index is 1550. The molecule has 0 aliphatic carbocycles. The molecule has 3 aromatic carbocycles. The molecule has 4 aromatic rings. The van der Waals surface area contributed by atoms with Crippen LogP contribution in [-0.2, 0) is 11.8 Å². The monoisotopic (exact) mass is 598 g/mol. The van der Waals surface area contributed by atoms with Crippen LogP contribution >= 0.6 is 0 Å². The third kappa shape index (κ3) is 6.36. The number of imidazole rings is 1. The predicted octanol–water partition coefficient (Wildman–Crippen LogP) is 5.20. The van der Waals surface area contributed by atoms with Crippen molar-refractivity contribution < 1.29 is 14.2 Å². The minimum Gasteiger partial charge on any atom is -0.493 e. The third-order valence-corrected chi connectivity index (χ3v) is 9.09. The number of rotatable bonds is 10. The smallest absolute Gasteiger partial charge is 0.161 e. The molecule has 2 aliphatic heterocycles. The molecular formula is C35H46N6O3. The quantitative estimate of drug-likeness (QED) is 0.267. The van der Waals surface area contributed by atoms with Gasteiger partial charge in [0.05, 0.1) is 38.6 Å². The largest absolute Gasteiger partial charge is 0.493 e. The van der Waals surface area contributed by atoms with E-state index < -0.39 is 0 Å². The lowest BCUT2D eigenvalue weighted by Crippen LogP contribution is -2.48. The van der Waals surface area contributed by atoms with Crippen LogP contribution in [-0.4, -0.2) is 105 Å². The highest BCUT2D eigenvalue weighted by Crippen LogP contribution is 2.37. The van der Waals surface area contributed by atoms with Gasteiger partial charge in [0.2, 0.25) is 0 Å². The number of nitrogens with one attached hydrogen (secondary N) is 1. The van der Waals surface area contributed by atoms with Crippen molar-refractivity contribution in [3.8, 4) is 34.0 Å². The molecule has 1 aromatic heterocycles. The molecule has 0 amide bonds. The van der Waals surface area contributed by atoms with Gasteiger partial charge in [-0.05, 0) is 67.4 Å². The average molecular weight is 599 g/mol. The van der Waals surface area contributed by atoms with Crippen LogP contribution in [0.15, 0.2) is 54.6 Å². The molecule has 44 heavy (non-hydrogen) atoms. The van der Waals surface area contributed by atoms with Gasteiger partial charge < -0.3 is 29.0 Å². The minimum atomic E-state index is 0.602. The Balaban J connectivity index is 1.32. The number of hydrogen-bond donors (Lipinski definition) is 1. The summed E-state index contributed by atoms with van der Waals surface area (Å²) in [6, 6.07) is 20.1. The first-order valence-electron chi connectivity index (χ1n) is 15.8. The number of ether oxygens (including phenoxy) is 3. The van der Waals surface area contributed by atoms with Gasteiger partial charge in [0.15, 0.2) is 11.5 Å². The number of benzene rings is 3. The van der Waals surface area contributed by atoms with Crippen molar-refractivity contribution in [2.45, 2.75) is 19.9 Å². The molecule has 0 atom stereocenters. The fourth-order valence-corrected chi connectivity index (χ4v) is 6.36. The molecule has 2 fully saturated rings. The first kappa shape index (κ1) is 30.2. The molecule has 2 saturated heterocycles. The number of morpholine rings is 1. The Labute approximate surface area is 261 Å². The number of methoxy groups -OCH3 is 2. The number of nitrogens with zero attached hydrogens (tertiary/aromatic N) is 5. The Hall–Kier alpha value is -3.79. The predicted molar refractivity (Wildman–Crippen MR) is 179 cm³/mol. The molecule has 9 nitrogen and oxygen atoms in total. The van der Waals surface area contributed by atoms with E-state index in [0.29, 0.717) is 17.5 Å². The molecule has 0 unspecified atom stereocenters. The molecule has 0 bridgehead atoms. The van der Waals surface area contributed by atoms with Gasteiger partial charge in [0.25, 0.3) is 0 Å². The van der Waals surface area contributed by atoms with E-state index >= 15 is 0 Å². The van der Waals surface area contributed by atoms with Crippen LogP contribution in [0.1, 0.15) is 13.8 Å². The minimum absolute atomic E-state index is 0.602. The molecule has 1 N–H and O–H groups in total. The van der Waals surface area contributed by atoms with Crippen molar-refractivity contribution in [2.75, 3.05) is 90.0 Å². The van der Waals surface area contributed by atoms with Gasteiger partial charge in [0, 0.05) is 76.7 Å². The number of hydrogen-bond acceptors (Lipinski definition) is 8. The Morgan fingerprint density at radius 3 is 2.20 bits per heavy atom. The second-order valence-electron chi connectivity index (χ2n) is 12.0. The average Bonchev–Trinajstić information content (AvgIpc) is 3.41.